The highest BCUT2D eigenvalue weighted by molar-refractivity contribution is 6.02. The molecule has 0 aliphatic rings. The van der Waals surface area contributed by atoms with Crippen molar-refractivity contribution in [2.45, 2.75) is 6.92 Å². The fourth-order valence-electron chi connectivity index (χ4n) is 3.48. The van der Waals surface area contributed by atoms with Gasteiger partial charge in [-0.3, -0.25) is 4.79 Å². The average molecular weight is 487 g/mol. The molecule has 2 heterocycles. The SMILES string of the molecule is COc1cc(/C=C/C(=O)Nc2ccc(Nc3cc(-n4cccn4)nc(C)n3)cc2)cc(OC)c1OC. The number of anilines is 3. The van der Waals surface area contributed by atoms with Crippen LogP contribution < -0.4 is 24.8 Å². The number of nitrogens with zero attached hydrogens (tertiary/aromatic N) is 4. The molecule has 184 valence electrons. The summed E-state index contributed by atoms with van der Waals surface area (Å²) in [7, 11) is 4.62. The van der Waals surface area contributed by atoms with Crippen LogP contribution in [0.4, 0.5) is 17.2 Å². The van der Waals surface area contributed by atoms with Crippen molar-refractivity contribution in [3.8, 4) is 23.1 Å². The second-order valence-corrected chi connectivity index (χ2v) is 7.59. The Labute approximate surface area is 208 Å². The first kappa shape index (κ1) is 24.3. The van der Waals surface area contributed by atoms with Gasteiger partial charge >= 0.3 is 0 Å². The van der Waals surface area contributed by atoms with Crippen LogP contribution in [0.2, 0.25) is 0 Å². The zero-order valence-electron chi connectivity index (χ0n) is 20.4. The Hall–Kier alpha value is -4.86. The molecule has 4 rings (SSSR count). The second kappa shape index (κ2) is 11.0. The summed E-state index contributed by atoms with van der Waals surface area (Å²) in [6, 6.07) is 14.5. The molecule has 4 aromatic rings. The molecule has 0 aliphatic carbocycles. The molecule has 10 nitrogen and oxygen atoms in total. The van der Waals surface area contributed by atoms with Gasteiger partial charge in [-0.15, -0.1) is 0 Å². The van der Waals surface area contributed by atoms with Gasteiger partial charge in [0.05, 0.1) is 21.3 Å². The predicted molar refractivity (Wildman–Crippen MR) is 137 cm³/mol. The lowest BCUT2D eigenvalue weighted by Crippen LogP contribution is -2.08. The van der Waals surface area contributed by atoms with Crippen molar-refractivity contribution in [1.29, 1.82) is 0 Å². The molecule has 0 saturated carbocycles. The number of amides is 1. The number of carbonyl (C=O) groups excluding carboxylic acids is 1. The van der Waals surface area contributed by atoms with E-state index in [-0.39, 0.29) is 5.91 Å². The number of carbonyl (C=O) groups is 1. The number of hydrogen-bond acceptors (Lipinski definition) is 8. The third-order valence-corrected chi connectivity index (χ3v) is 5.10. The maximum absolute atomic E-state index is 12.5. The number of ether oxygens (including phenoxy) is 3. The van der Waals surface area contributed by atoms with Crippen molar-refractivity contribution in [3.05, 3.63) is 78.4 Å². The highest BCUT2D eigenvalue weighted by Crippen LogP contribution is 2.38. The minimum Gasteiger partial charge on any atom is -0.493 e. The highest BCUT2D eigenvalue weighted by Gasteiger charge is 2.12. The Morgan fingerprint density at radius 2 is 1.64 bits per heavy atom. The number of aryl methyl sites for hydroxylation is 1. The molecular formula is C26H26N6O4. The van der Waals surface area contributed by atoms with E-state index in [9.17, 15) is 4.79 Å². The number of nitrogens with one attached hydrogen (secondary N) is 2. The van der Waals surface area contributed by atoms with Crippen LogP contribution >= 0.6 is 0 Å². The van der Waals surface area contributed by atoms with Gasteiger partial charge in [0.1, 0.15) is 11.6 Å². The molecule has 0 radical (unpaired) electrons. The Morgan fingerprint density at radius 3 is 2.25 bits per heavy atom. The fraction of sp³-hybridized carbons (Fsp3) is 0.154. The lowest BCUT2D eigenvalue weighted by atomic mass is 10.1. The second-order valence-electron chi connectivity index (χ2n) is 7.59. The standard InChI is InChI=1S/C26H26N6O4/c1-17-28-23(16-24(29-17)32-13-5-12-27-32)30-19-7-9-20(10-8-19)31-25(33)11-6-18-14-21(34-2)26(36-4)22(15-18)35-3/h5-16H,1-4H3,(H,31,33)(H,28,29,30)/b11-6+. The zero-order chi connectivity index (χ0) is 25.5. The summed E-state index contributed by atoms with van der Waals surface area (Å²) in [5, 5.41) is 10.3. The quantitative estimate of drug-likeness (QED) is 0.335. The van der Waals surface area contributed by atoms with Crippen LogP contribution in [0.3, 0.4) is 0 Å². The van der Waals surface area contributed by atoms with E-state index in [1.807, 2.05) is 37.4 Å². The molecule has 2 aromatic heterocycles. The Morgan fingerprint density at radius 1 is 0.944 bits per heavy atom. The summed E-state index contributed by atoms with van der Waals surface area (Å²) in [5.74, 6) is 3.15. The number of rotatable bonds is 9. The van der Waals surface area contributed by atoms with Gasteiger partial charge < -0.3 is 24.8 Å². The number of hydrogen-bond donors (Lipinski definition) is 2. The molecule has 2 N–H and O–H groups in total. The van der Waals surface area contributed by atoms with Crippen molar-refractivity contribution in [3.63, 3.8) is 0 Å². The van der Waals surface area contributed by atoms with Crippen LogP contribution in [0.15, 0.2) is 67.0 Å². The van der Waals surface area contributed by atoms with Crippen molar-refractivity contribution >= 4 is 29.2 Å². The van der Waals surface area contributed by atoms with Crippen molar-refractivity contribution < 1.29 is 19.0 Å². The normalized spacial score (nSPS) is 10.8. The first-order valence-corrected chi connectivity index (χ1v) is 11.0. The molecule has 0 saturated heterocycles. The van der Waals surface area contributed by atoms with E-state index in [2.05, 4.69) is 25.7 Å². The minimum atomic E-state index is -0.278. The van der Waals surface area contributed by atoms with E-state index in [4.69, 9.17) is 14.2 Å². The molecule has 1 amide bonds. The van der Waals surface area contributed by atoms with Crippen LogP contribution in [0.25, 0.3) is 11.9 Å². The Balaban J connectivity index is 1.41. The van der Waals surface area contributed by atoms with Crippen LogP contribution in [0, 0.1) is 6.92 Å². The lowest BCUT2D eigenvalue weighted by molar-refractivity contribution is -0.111. The van der Waals surface area contributed by atoms with Gasteiger partial charge in [0.2, 0.25) is 11.7 Å². The van der Waals surface area contributed by atoms with Crippen LogP contribution in [-0.4, -0.2) is 47.0 Å². The molecule has 0 unspecified atom stereocenters. The molecule has 0 bridgehead atoms. The maximum Gasteiger partial charge on any atom is 0.248 e. The summed E-state index contributed by atoms with van der Waals surface area (Å²) < 4.78 is 17.7. The third-order valence-electron chi connectivity index (χ3n) is 5.10. The predicted octanol–water partition coefficient (Wildman–Crippen LogP) is 4.39. The summed E-state index contributed by atoms with van der Waals surface area (Å²) in [5.41, 5.74) is 2.19. The van der Waals surface area contributed by atoms with E-state index < -0.39 is 0 Å². The number of aromatic nitrogens is 4. The van der Waals surface area contributed by atoms with Gasteiger partial charge in [0.25, 0.3) is 0 Å². The van der Waals surface area contributed by atoms with Gasteiger partial charge in [0, 0.05) is 35.9 Å². The smallest absolute Gasteiger partial charge is 0.248 e. The van der Waals surface area contributed by atoms with Crippen molar-refractivity contribution in [1.82, 2.24) is 19.7 Å². The first-order valence-electron chi connectivity index (χ1n) is 11.0. The van der Waals surface area contributed by atoms with E-state index in [0.717, 1.165) is 11.3 Å². The first-order chi connectivity index (χ1) is 17.5. The molecular weight excluding hydrogens is 460 g/mol. The summed E-state index contributed by atoms with van der Waals surface area (Å²) in [6.07, 6.45) is 6.62. The van der Waals surface area contributed by atoms with Crippen LogP contribution in [0.5, 0.6) is 17.2 Å². The van der Waals surface area contributed by atoms with Gasteiger partial charge in [-0.25, -0.2) is 14.6 Å². The number of methoxy groups -OCH3 is 3. The largest absolute Gasteiger partial charge is 0.493 e. The molecule has 2 aromatic carbocycles. The average Bonchev–Trinajstić information content (AvgIpc) is 3.43. The topological polar surface area (TPSA) is 112 Å². The van der Waals surface area contributed by atoms with Gasteiger partial charge in [0.15, 0.2) is 17.3 Å². The Bertz CT molecular complexity index is 1340. The molecule has 36 heavy (non-hydrogen) atoms. The highest BCUT2D eigenvalue weighted by atomic mass is 16.5. The van der Waals surface area contributed by atoms with E-state index in [1.54, 1.807) is 55.4 Å². The van der Waals surface area contributed by atoms with E-state index >= 15 is 0 Å². The lowest BCUT2D eigenvalue weighted by Gasteiger charge is -2.12. The van der Waals surface area contributed by atoms with E-state index in [1.165, 1.54) is 13.2 Å². The van der Waals surface area contributed by atoms with Crippen LogP contribution in [-0.2, 0) is 4.79 Å². The number of benzene rings is 2. The third kappa shape index (κ3) is 5.79. The minimum absolute atomic E-state index is 0.278. The van der Waals surface area contributed by atoms with E-state index in [0.29, 0.717) is 40.4 Å². The maximum atomic E-state index is 12.5. The Kier molecular flexibility index (Phi) is 7.45. The molecule has 0 fully saturated rings. The van der Waals surface area contributed by atoms with Crippen molar-refractivity contribution in [2.24, 2.45) is 0 Å². The monoisotopic (exact) mass is 486 g/mol. The van der Waals surface area contributed by atoms with Crippen molar-refractivity contribution in [2.75, 3.05) is 32.0 Å². The zero-order valence-corrected chi connectivity index (χ0v) is 20.4. The molecule has 0 atom stereocenters. The molecule has 0 spiro atoms. The summed E-state index contributed by atoms with van der Waals surface area (Å²) in [4.78, 5) is 21.3. The van der Waals surface area contributed by atoms with Gasteiger partial charge in [-0.1, -0.05) is 0 Å². The fourth-order valence-corrected chi connectivity index (χ4v) is 3.48. The summed E-state index contributed by atoms with van der Waals surface area (Å²) >= 11 is 0. The summed E-state index contributed by atoms with van der Waals surface area (Å²) in [6.45, 7) is 1.82. The molecule has 0 aliphatic heterocycles. The van der Waals surface area contributed by atoms with Gasteiger partial charge in [-0.05, 0) is 61.0 Å². The molecule has 10 heteroatoms. The van der Waals surface area contributed by atoms with Crippen LogP contribution in [0.1, 0.15) is 11.4 Å². The van der Waals surface area contributed by atoms with Gasteiger partial charge in [-0.2, -0.15) is 5.10 Å².